The summed E-state index contributed by atoms with van der Waals surface area (Å²) in [5.41, 5.74) is 0.746. The van der Waals surface area contributed by atoms with Crippen LogP contribution in [0.3, 0.4) is 0 Å². The summed E-state index contributed by atoms with van der Waals surface area (Å²) in [6.07, 6.45) is -1.46. The number of piperazine rings is 1. The molecule has 0 spiro atoms. The van der Waals surface area contributed by atoms with Crippen LogP contribution in [0.5, 0.6) is 0 Å². The van der Waals surface area contributed by atoms with Gasteiger partial charge in [0.15, 0.2) is 6.10 Å². The fourth-order valence-corrected chi connectivity index (χ4v) is 2.05. The molecule has 1 aliphatic rings. The number of aliphatic hydroxyl groups excluding tert-OH is 1. The van der Waals surface area contributed by atoms with Crippen LogP contribution in [-0.2, 0) is 19.1 Å². The summed E-state index contributed by atoms with van der Waals surface area (Å²) in [5.74, 6) is -1.66. The molecule has 2 rings (SSSR count). The molecule has 1 fully saturated rings. The van der Waals surface area contributed by atoms with Crippen molar-refractivity contribution in [3.05, 3.63) is 29.8 Å². The fourth-order valence-electron chi connectivity index (χ4n) is 2.05. The highest BCUT2D eigenvalue weighted by Crippen LogP contribution is 2.27. The van der Waals surface area contributed by atoms with Crippen molar-refractivity contribution in [1.29, 1.82) is 0 Å². The minimum absolute atomic E-state index is 0.0172. The molecule has 20 heavy (non-hydrogen) atoms. The van der Waals surface area contributed by atoms with Gasteiger partial charge < -0.3 is 14.7 Å². The second-order valence-electron chi connectivity index (χ2n) is 4.31. The number of imide groups is 1. The summed E-state index contributed by atoms with van der Waals surface area (Å²) in [4.78, 5) is 35.7. The van der Waals surface area contributed by atoms with E-state index in [1.165, 1.54) is 12.0 Å². The number of esters is 1. The number of amides is 2. The predicted molar refractivity (Wildman–Crippen MR) is 68.8 cm³/mol. The first-order valence-corrected chi connectivity index (χ1v) is 5.95. The predicted octanol–water partition coefficient (Wildman–Crippen LogP) is -0.644. The molecule has 7 nitrogen and oxygen atoms in total. The standard InChI is InChI=1S/C13H14N2O5/c1-20-13(19)12(18)8-4-2-3-5-9(8)15-6-10(16)14-11(17)7-15/h2-5,12,18H,6-7H2,1H3,(H,14,16,17). The number of nitrogens with zero attached hydrogens (tertiary/aromatic N) is 1. The number of carbonyl (C=O) groups excluding carboxylic acids is 3. The summed E-state index contributed by atoms with van der Waals surface area (Å²) < 4.78 is 4.50. The van der Waals surface area contributed by atoms with Crippen LogP contribution in [0.1, 0.15) is 11.7 Å². The first-order valence-electron chi connectivity index (χ1n) is 5.95. The maximum atomic E-state index is 11.4. The van der Waals surface area contributed by atoms with Crippen LogP contribution >= 0.6 is 0 Å². The lowest BCUT2D eigenvalue weighted by atomic mass is 10.1. The zero-order valence-corrected chi connectivity index (χ0v) is 10.8. The van der Waals surface area contributed by atoms with Gasteiger partial charge in [0.05, 0.1) is 20.2 Å². The average molecular weight is 278 g/mol. The summed E-state index contributed by atoms with van der Waals surface area (Å²) in [6, 6.07) is 6.53. The van der Waals surface area contributed by atoms with Gasteiger partial charge in [-0.3, -0.25) is 14.9 Å². The molecule has 7 heteroatoms. The van der Waals surface area contributed by atoms with Crippen LogP contribution in [0.15, 0.2) is 24.3 Å². The van der Waals surface area contributed by atoms with Crippen molar-refractivity contribution >= 4 is 23.5 Å². The maximum Gasteiger partial charge on any atom is 0.339 e. The van der Waals surface area contributed by atoms with Crippen LogP contribution < -0.4 is 10.2 Å². The molecule has 1 aromatic carbocycles. The van der Waals surface area contributed by atoms with Crippen molar-refractivity contribution in [3.8, 4) is 0 Å². The van der Waals surface area contributed by atoms with Gasteiger partial charge in [-0.1, -0.05) is 18.2 Å². The van der Waals surface area contributed by atoms with Crippen molar-refractivity contribution in [2.24, 2.45) is 0 Å². The zero-order chi connectivity index (χ0) is 14.7. The summed E-state index contributed by atoms with van der Waals surface area (Å²) >= 11 is 0. The Hall–Kier alpha value is -2.41. The lowest BCUT2D eigenvalue weighted by molar-refractivity contribution is -0.150. The molecular formula is C13H14N2O5. The van der Waals surface area contributed by atoms with Crippen molar-refractivity contribution in [1.82, 2.24) is 5.32 Å². The van der Waals surface area contributed by atoms with Gasteiger partial charge in [-0.2, -0.15) is 0 Å². The minimum atomic E-state index is -1.46. The third-order valence-electron chi connectivity index (χ3n) is 2.94. The van der Waals surface area contributed by atoms with E-state index in [-0.39, 0.29) is 13.1 Å². The monoisotopic (exact) mass is 278 g/mol. The maximum absolute atomic E-state index is 11.4. The molecule has 0 saturated carbocycles. The first kappa shape index (κ1) is 14.0. The lowest BCUT2D eigenvalue weighted by Crippen LogP contribution is -2.51. The van der Waals surface area contributed by atoms with Crippen LogP contribution in [-0.4, -0.2) is 43.1 Å². The normalized spacial score (nSPS) is 16.6. The molecule has 0 bridgehead atoms. The summed E-state index contributed by atoms with van der Waals surface area (Å²) in [7, 11) is 1.17. The van der Waals surface area contributed by atoms with Crippen LogP contribution in [0.2, 0.25) is 0 Å². The number of aliphatic hydroxyl groups is 1. The molecule has 1 heterocycles. The van der Waals surface area contributed by atoms with Gasteiger partial charge in [-0.05, 0) is 6.07 Å². The van der Waals surface area contributed by atoms with E-state index in [1.807, 2.05) is 0 Å². The molecule has 1 aliphatic heterocycles. The Bertz CT molecular complexity index is 541. The quantitative estimate of drug-likeness (QED) is 0.564. The average Bonchev–Trinajstić information content (AvgIpc) is 2.44. The number of benzene rings is 1. The van der Waals surface area contributed by atoms with Crippen LogP contribution in [0.25, 0.3) is 0 Å². The van der Waals surface area contributed by atoms with Gasteiger partial charge in [0.25, 0.3) is 0 Å². The number of nitrogens with one attached hydrogen (secondary N) is 1. The van der Waals surface area contributed by atoms with E-state index >= 15 is 0 Å². The Morgan fingerprint density at radius 3 is 2.50 bits per heavy atom. The van der Waals surface area contributed by atoms with E-state index < -0.39 is 23.9 Å². The number of rotatable bonds is 3. The highest BCUT2D eigenvalue weighted by atomic mass is 16.5. The number of methoxy groups -OCH3 is 1. The summed E-state index contributed by atoms with van der Waals surface area (Å²) in [5, 5.41) is 12.1. The minimum Gasteiger partial charge on any atom is -0.467 e. The molecule has 1 aromatic rings. The van der Waals surface area contributed by atoms with Gasteiger partial charge in [0, 0.05) is 11.3 Å². The Kier molecular flexibility index (Phi) is 3.99. The van der Waals surface area contributed by atoms with Crippen molar-refractivity contribution < 1.29 is 24.2 Å². The molecule has 1 saturated heterocycles. The topological polar surface area (TPSA) is 95.9 Å². The first-order chi connectivity index (χ1) is 9.52. The van der Waals surface area contributed by atoms with Crippen molar-refractivity contribution in [2.75, 3.05) is 25.1 Å². The molecule has 1 atom stereocenters. The SMILES string of the molecule is COC(=O)C(O)c1ccccc1N1CC(=O)NC(=O)C1. The number of hydrogen-bond donors (Lipinski definition) is 2. The molecule has 2 amide bonds. The Morgan fingerprint density at radius 1 is 1.30 bits per heavy atom. The van der Waals surface area contributed by atoms with Crippen molar-refractivity contribution in [3.63, 3.8) is 0 Å². The Morgan fingerprint density at radius 2 is 1.90 bits per heavy atom. The van der Waals surface area contributed by atoms with E-state index in [1.54, 1.807) is 24.3 Å². The van der Waals surface area contributed by atoms with E-state index in [2.05, 4.69) is 10.1 Å². The number of anilines is 1. The molecule has 0 aliphatic carbocycles. The van der Waals surface area contributed by atoms with Crippen LogP contribution in [0.4, 0.5) is 5.69 Å². The second-order valence-corrected chi connectivity index (χ2v) is 4.31. The fraction of sp³-hybridized carbons (Fsp3) is 0.308. The summed E-state index contributed by atoms with van der Waals surface area (Å²) in [6.45, 7) is -0.0344. The molecular weight excluding hydrogens is 264 g/mol. The van der Waals surface area contributed by atoms with E-state index in [9.17, 15) is 19.5 Å². The highest BCUT2D eigenvalue weighted by Gasteiger charge is 2.28. The zero-order valence-electron chi connectivity index (χ0n) is 10.8. The van der Waals surface area contributed by atoms with Gasteiger partial charge in [0.1, 0.15) is 0 Å². The van der Waals surface area contributed by atoms with Crippen molar-refractivity contribution in [2.45, 2.75) is 6.10 Å². The van der Waals surface area contributed by atoms with E-state index in [0.29, 0.717) is 11.3 Å². The Labute approximate surface area is 115 Å². The van der Waals surface area contributed by atoms with Gasteiger partial charge in [0.2, 0.25) is 11.8 Å². The number of hydrogen-bond acceptors (Lipinski definition) is 6. The smallest absolute Gasteiger partial charge is 0.339 e. The van der Waals surface area contributed by atoms with E-state index in [0.717, 1.165) is 0 Å². The third-order valence-corrected chi connectivity index (χ3v) is 2.94. The van der Waals surface area contributed by atoms with Gasteiger partial charge in [-0.25, -0.2) is 4.79 Å². The number of para-hydroxylation sites is 1. The molecule has 2 N–H and O–H groups in total. The van der Waals surface area contributed by atoms with Crippen LogP contribution in [0, 0.1) is 0 Å². The number of ether oxygens (including phenoxy) is 1. The van der Waals surface area contributed by atoms with Gasteiger partial charge >= 0.3 is 5.97 Å². The number of carbonyl (C=O) groups is 3. The molecule has 106 valence electrons. The lowest BCUT2D eigenvalue weighted by Gasteiger charge is -2.29. The highest BCUT2D eigenvalue weighted by molar-refractivity contribution is 6.03. The van der Waals surface area contributed by atoms with Gasteiger partial charge in [-0.15, -0.1) is 0 Å². The second kappa shape index (κ2) is 5.70. The molecule has 0 radical (unpaired) electrons. The molecule has 1 unspecified atom stereocenters. The Balaban J connectivity index is 2.34. The van der Waals surface area contributed by atoms with E-state index in [4.69, 9.17) is 0 Å². The molecule has 0 aromatic heterocycles. The third kappa shape index (κ3) is 2.77. The largest absolute Gasteiger partial charge is 0.467 e.